The van der Waals surface area contributed by atoms with Crippen LogP contribution in [-0.2, 0) is 24.3 Å². The molecule has 0 aliphatic carbocycles. The van der Waals surface area contributed by atoms with Crippen molar-refractivity contribution in [2.75, 3.05) is 6.54 Å². The molecule has 8 heteroatoms. The summed E-state index contributed by atoms with van der Waals surface area (Å²) in [4.78, 5) is 26.7. The molecule has 0 atom stereocenters. The fraction of sp³-hybridized carbons (Fsp3) is 0.227. The topological polar surface area (TPSA) is 81.2 Å². The Morgan fingerprint density at radius 2 is 1.90 bits per heavy atom. The first-order chi connectivity index (χ1) is 14.3. The maximum atomic E-state index is 13.8. The van der Waals surface area contributed by atoms with Crippen molar-refractivity contribution in [1.29, 1.82) is 0 Å². The van der Waals surface area contributed by atoms with Crippen molar-refractivity contribution in [2.45, 2.75) is 26.4 Å². The zero-order valence-electron chi connectivity index (χ0n) is 16.4. The largest absolute Gasteiger partial charge is 0.365 e. The minimum absolute atomic E-state index is 0.0444. The smallest absolute Gasteiger partial charge is 0.252 e. The van der Waals surface area contributed by atoms with E-state index in [0.29, 0.717) is 24.3 Å². The number of carbonyl (C=O) groups excluding carboxylic acids is 2. The van der Waals surface area contributed by atoms with Crippen molar-refractivity contribution in [2.24, 2.45) is 5.73 Å². The molecule has 1 aromatic heterocycles. The Labute approximate surface area is 178 Å². The molecule has 0 radical (unpaired) electrons. The summed E-state index contributed by atoms with van der Waals surface area (Å²) in [7, 11) is 0. The number of hydrogen-bond donors (Lipinski definition) is 1. The second-order valence-electron chi connectivity index (χ2n) is 7.39. The molecule has 4 rings (SSSR count). The second kappa shape index (κ2) is 7.91. The number of hydrogen-bond acceptors (Lipinski definition) is 3. The molecule has 1 aliphatic heterocycles. The molecule has 1 aliphatic rings. The molecule has 2 heterocycles. The summed E-state index contributed by atoms with van der Waals surface area (Å²) in [6.07, 6.45) is 0.271. The lowest BCUT2D eigenvalue weighted by Gasteiger charge is -2.28. The standard InChI is InChI=1S/C22H20ClFN4O2/c1-13-2-4-14(5-3-13)8-19(29)27-6-7-28-18(12-27)20(22(25)30)21(26-28)15-9-16(23)11-17(24)10-15/h2-5,9-11H,6-8,12H2,1H3,(H2,25,30). The fourth-order valence-corrected chi connectivity index (χ4v) is 3.90. The molecule has 30 heavy (non-hydrogen) atoms. The summed E-state index contributed by atoms with van der Waals surface area (Å²) >= 11 is 5.97. The van der Waals surface area contributed by atoms with Gasteiger partial charge in [-0.3, -0.25) is 14.3 Å². The maximum absolute atomic E-state index is 13.8. The second-order valence-corrected chi connectivity index (χ2v) is 7.83. The Bertz CT molecular complexity index is 1120. The predicted molar refractivity (Wildman–Crippen MR) is 111 cm³/mol. The number of aromatic nitrogens is 2. The predicted octanol–water partition coefficient (Wildman–Crippen LogP) is 3.33. The lowest BCUT2D eigenvalue weighted by Crippen LogP contribution is -2.40. The lowest BCUT2D eigenvalue weighted by molar-refractivity contribution is -0.132. The van der Waals surface area contributed by atoms with Gasteiger partial charge in [-0.1, -0.05) is 41.4 Å². The highest BCUT2D eigenvalue weighted by Gasteiger charge is 2.29. The van der Waals surface area contributed by atoms with E-state index in [1.165, 1.54) is 18.2 Å². The number of halogens is 2. The molecular formula is C22H20ClFN4O2. The van der Waals surface area contributed by atoms with Crippen molar-refractivity contribution in [1.82, 2.24) is 14.7 Å². The third kappa shape index (κ3) is 3.93. The number of fused-ring (bicyclic) bond motifs is 1. The van der Waals surface area contributed by atoms with E-state index in [9.17, 15) is 14.0 Å². The van der Waals surface area contributed by atoms with Gasteiger partial charge in [0.25, 0.3) is 5.91 Å². The fourth-order valence-electron chi connectivity index (χ4n) is 3.67. The van der Waals surface area contributed by atoms with E-state index in [4.69, 9.17) is 17.3 Å². The Hall–Kier alpha value is -3.19. The van der Waals surface area contributed by atoms with Crippen LogP contribution in [0.15, 0.2) is 42.5 Å². The summed E-state index contributed by atoms with van der Waals surface area (Å²) in [5.74, 6) is -1.26. The first kappa shape index (κ1) is 20.1. The molecule has 0 saturated heterocycles. The van der Waals surface area contributed by atoms with Crippen LogP contribution in [0, 0.1) is 12.7 Å². The van der Waals surface area contributed by atoms with Gasteiger partial charge in [0.2, 0.25) is 5.91 Å². The van der Waals surface area contributed by atoms with Gasteiger partial charge in [0.15, 0.2) is 0 Å². The molecular weight excluding hydrogens is 407 g/mol. The van der Waals surface area contributed by atoms with E-state index in [2.05, 4.69) is 5.10 Å². The maximum Gasteiger partial charge on any atom is 0.252 e. The number of primary amides is 1. The Balaban J connectivity index is 1.64. The lowest BCUT2D eigenvalue weighted by atomic mass is 10.0. The molecule has 0 unspecified atom stereocenters. The zero-order chi connectivity index (χ0) is 21.4. The molecule has 2 aromatic carbocycles. The van der Waals surface area contributed by atoms with Crippen LogP contribution in [0.5, 0.6) is 0 Å². The number of aryl methyl sites for hydroxylation is 1. The molecule has 0 spiro atoms. The number of rotatable bonds is 4. The highest BCUT2D eigenvalue weighted by atomic mass is 35.5. The van der Waals surface area contributed by atoms with Crippen molar-refractivity contribution in [3.8, 4) is 11.3 Å². The van der Waals surface area contributed by atoms with Crippen LogP contribution in [0.2, 0.25) is 5.02 Å². The molecule has 0 saturated carbocycles. The molecule has 154 valence electrons. The summed E-state index contributed by atoms with van der Waals surface area (Å²) in [6, 6.07) is 11.8. The highest BCUT2D eigenvalue weighted by Crippen LogP contribution is 2.30. The van der Waals surface area contributed by atoms with Crippen LogP contribution in [0.25, 0.3) is 11.3 Å². The van der Waals surface area contributed by atoms with Gasteiger partial charge in [-0.25, -0.2) is 4.39 Å². The minimum Gasteiger partial charge on any atom is -0.365 e. The summed E-state index contributed by atoms with van der Waals surface area (Å²) < 4.78 is 15.5. The van der Waals surface area contributed by atoms with E-state index in [1.54, 1.807) is 9.58 Å². The molecule has 0 bridgehead atoms. The van der Waals surface area contributed by atoms with E-state index < -0.39 is 11.7 Å². The minimum atomic E-state index is -0.681. The molecule has 0 fully saturated rings. The molecule has 3 aromatic rings. The quantitative estimate of drug-likeness (QED) is 0.694. The summed E-state index contributed by atoms with van der Waals surface area (Å²) in [5, 5.41) is 4.66. The average molecular weight is 427 g/mol. The summed E-state index contributed by atoms with van der Waals surface area (Å²) in [6.45, 7) is 3.07. The van der Waals surface area contributed by atoms with E-state index in [1.807, 2.05) is 31.2 Å². The SMILES string of the molecule is Cc1ccc(CC(=O)N2CCn3nc(-c4cc(F)cc(Cl)c4)c(C(N)=O)c3C2)cc1. The molecule has 2 amide bonds. The number of benzene rings is 2. The van der Waals surface area contributed by atoms with Gasteiger partial charge in [-0.15, -0.1) is 0 Å². The van der Waals surface area contributed by atoms with Crippen LogP contribution in [0.1, 0.15) is 27.2 Å². The van der Waals surface area contributed by atoms with Gasteiger partial charge >= 0.3 is 0 Å². The van der Waals surface area contributed by atoms with Crippen LogP contribution in [0.3, 0.4) is 0 Å². The van der Waals surface area contributed by atoms with Gasteiger partial charge < -0.3 is 10.6 Å². The van der Waals surface area contributed by atoms with Crippen LogP contribution >= 0.6 is 11.6 Å². The van der Waals surface area contributed by atoms with Gasteiger partial charge in [0.05, 0.1) is 30.8 Å². The van der Waals surface area contributed by atoms with E-state index in [-0.39, 0.29) is 35.2 Å². The Morgan fingerprint density at radius 1 is 1.17 bits per heavy atom. The third-order valence-electron chi connectivity index (χ3n) is 5.19. The van der Waals surface area contributed by atoms with E-state index >= 15 is 0 Å². The van der Waals surface area contributed by atoms with Gasteiger partial charge in [0, 0.05) is 17.1 Å². The van der Waals surface area contributed by atoms with Crippen LogP contribution in [0.4, 0.5) is 4.39 Å². The highest BCUT2D eigenvalue weighted by molar-refractivity contribution is 6.30. The van der Waals surface area contributed by atoms with Gasteiger partial charge in [-0.05, 0) is 30.7 Å². The van der Waals surface area contributed by atoms with Crippen LogP contribution in [-0.4, -0.2) is 33.0 Å². The Morgan fingerprint density at radius 3 is 2.57 bits per heavy atom. The Kier molecular flexibility index (Phi) is 5.30. The van der Waals surface area contributed by atoms with E-state index in [0.717, 1.165) is 11.1 Å². The van der Waals surface area contributed by atoms with Crippen LogP contribution < -0.4 is 5.73 Å². The summed E-state index contributed by atoms with van der Waals surface area (Å²) in [5.41, 5.74) is 9.05. The van der Waals surface area contributed by atoms with Gasteiger partial charge in [-0.2, -0.15) is 5.10 Å². The number of nitrogens with two attached hydrogens (primary N) is 1. The molecule has 6 nitrogen and oxygen atoms in total. The zero-order valence-corrected chi connectivity index (χ0v) is 17.1. The van der Waals surface area contributed by atoms with Crippen molar-refractivity contribution >= 4 is 23.4 Å². The van der Waals surface area contributed by atoms with Gasteiger partial charge in [0.1, 0.15) is 11.5 Å². The monoisotopic (exact) mass is 426 g/mol. The number of nitrogens with zero attached hydrogens (tertiary/aromatic N) is 3. The number of amides is 2. The normalized spacial score (nSPS) is 13.2. The first-order valence-corrected chi connectivity index (χ1v) is 9.89. The van der Waals surface area contributed by atoms with Crippen molar-refractivity contribution < 1.29 is 14.0 Å². The first-order valence-electron chi connectivity index (χ1n) is 9.51. The van der Waals surface area contributed by atoms with Crippen molar-refractivity contribution in [3.63, 3.8) is 0 Å². The number of carbonyl (C=O) groups is 2. The average Bonchev–Trinajstić information content (AvgIpc) is 3.08. The molecule has 2 N–H and O–H groups in total. The van der Waals surface area contributed by atoms with Crippen molar-refractivity contribution in [3.05, 3.63) is 75.7 Å². The third-order valence-corrected chi connectivity index (χ3v) is 5.41.